The van der Waals surface area contributed by atoms with Crippen LogP contribution < -0.4 is 10.6 Å². The largest absolute Gasteiger partial charge is 0.398 e. The van der Waals surface area contributed by atoms with Crippen molar-refractivity contribution < 1.29 is 0 Å². The Kier molecular flexibility index (Phi) is 3.56. The monoisotopic (exact) mass is 240 g/mol. The Bertz CT molecular complexity index is 529. The predicted octanol–water partition coefficient (Wildman–Crippen LogP) is 3.52. The maximum Gasteiger partial charge on any atom is 0.0446 e. The van der Waals surface area contributed by atoms with E-state index in [9.17, 15) is 0 Å². The van der Waals surface area contributed by atoms with Crippen molar-refractivity contribution in [3.05, 3.63) is 59.2 Å². The van der Waals surface area contributed by atoms with Gasteiger partial charge in [-0.05, 0) is 37.6 Å². The lowest BCUT2D eigenvalue weighted by Crippen LogP contribution is -2.17. The molecule has 0 aromatic heterocycles. The van der Waals surface area contributed by atoms with Crippen LogP contribution in [0, 0.1) is 13.8 Å². The summed E-state index contributed by atoms with van der Waals surface area (Å²) in [6.45, 7) is 5.02. The van der Waals surface area contributed by atoms with Gasteiger partial charge in [0.2, 0.25) is 0 Å². The molecule has 2 N–H and O–H groups in total. The molecule has 0 spiro atoms. The van der Waals surface area contributed by atoms with Crippen molar-refractivity contribution in [2.45, 2.75) is 20.4 Å². The van der Waals surface area contributed by atoms with Crippen LogP contribution in [0.25, 0.3) is 0 Å². The third-order valence-electron chi connectivity index (χ3n) is 3.18. The molecule has 0 unspecified atom stereocenters. The van der Waals surface area contributed by atoms with Crippen LogP contribution in [0.3, 0.4) is 0 Å². The molecule has 2 heteroatoms. The third-order valence-corrected chi connectivity index (χ3v) is 3.18. The molecule has 0 aliphatic heterocycles. The van der Waals surface area contributed by atoms with Crippen LogP contribution in [0.5, 0.6) is 0 Å². The van der Waals surface area contributed by atoms with Gasteiger partial charge in [0.25, 0.3) is 0 Å². The van der Waals surface area contributed by atoms with E-state index < -0.39 is 0 Å². The minimum absolute atomic E-state index is 0.830. The molecule has 0 heterocycles. The van der Waals surface area contributed by atoms with Gasteiger partial charge in [0.1, 0.15) is 0 Å². The molecule has 0 bridgehead atoms. The SMILES string of the molecule is Cc1ccc(N(C)Cc2cc(C)ccc2N)cc1. The fourth-order valence-corrected chi connectivity index (χ4v) is 2.02. The number of benzene rings is 2. The number of nitrogen functional groups attached to an aromatic ring is 1. The number of aryl methyl sites for hydroxylation is 2. The van der Waals surface area contributed by atoms with Crippen LogP contribution in [-0.2, 0) is 6.54 Å². The zero-order valence-corrected chi connectivity index (χ0v) is 11.3. The molecule has 18 heavy (non-hydrogen) atoms. The summed E-state index contributed by atoms with van der Waals surface area (Å²) >= 11 is 0. The average Bonchev–Trinajstić information content (AvgIpc) is 2.34. The predicted molar refractivity (Wildman–Crippen MR) is 78.9 cm³/mol. The molecule has 0 fully saturated rings. The highest BCUT2D eigenvalue weighted by molar-refractivity contribution is 5.53. The summed E-state index contributed by atoms with van der Waals surface area (Å²) in [4.78, 5) is 2.21. The lowest BCUT2D eigenvalue weighted by atomic mass is 10.1. The van der Waals surface area contributed by atoms with E-state index in [2.05, 4.69) is 56.1 Å². The third kappa shape index (κ3) is 2.83. The summed E-state index contributed by atoms with van der Waals surface area (Å²) in [5.74, 6) is 0. The van der Waals surface area contributed by atoms with Crippen molar-refractivity contribution in [1.29, 1.82) is 0 Å². The molecule has 2 aromatic rings. The van der Waals surface area contributed by atoms with E-state index in [0.717, 1.165) is 12.2 Å². The Morgan fingerprint density at radius 3 is 2.22 bits per heavy atom. The van der Waals surface area contributed by atoms with E-state index in [1.54, 1.807) is 0 Å². The Hall–Kier alpha value is -1.96. The van der Waals surface area contributed by atoms with Crippen LogP contribution in [0.1, 0.15) is 16.7 Å². The first kappa shape index (κ1) is 12.5. The first-order chi connectivity index (χ1) is 8.56. The second-order valence-corrected chi connectivity index (χ2v) is 4.89. The summed E-state index contributed by atoms with van der Waals surface area (Å²) in [6, 6.07) is 14.7. The van der Waals surface area contributed by atoms with Crippen molar-refractivity contribution in [3.63, 3.8) is 0 Å². The molecular formula is C16H20N2. The van der Waals surface area contributed by atoms with Gasteiger partial charge >= 0.3 is 0 Å². The molecule has 0 atom stereocenters. The number of hydrogen-bond acceptors (Lipinski definition) is 2. The van der Waals surface area contributed by atoms with E-state index in [1.807, 2.05) is 12.1 Å². The fraction of sp³-hybridized carbons (Fsp3) is 0.250. The topological polar surface area (TPSA) is 29.3 Å². The van der Waals surface area contributed by atoms with Crippen molar-refractivity contribution in [2.75, 3.05) is 17.7 Å². The van der Waals surface area contributed by atoms with Gasteiger partial charge in [-0.1, -0.05) is 35.4 Å². The zero-order valence-electron chi connectivity index (χ0n) is 11.3. The Morgan fingerprint density at radius 2 is 1.56 bits per heavy atom. The van der Waals surface area contributed by atoms with Crippen LogP contribution >= 0.6 is 0 Å². The van der Waals surface area contributed by atoms with Gasteiger partial charge in [-0.25, -0.2) is 0 Å². The van der Waals surface area contributed by atoms with E-state index in [4.69, 9.17) is 5.73 Å². The molecule has 0 amide bonds. The lowest BCUT2D eigenvalue weighted by Gasteiger charge is -2.20. The zero-order chi connectivity index (χ0) is 13.1. The number of anilines is 2. The molecule has 94 valence electrons. The van der Waals surface area contributed by atoms with Gasteiger partial charge in [-0.3, -0.25) is 0 Å². The first-order valence-corrected chi connectivity index (χ1v) is 6.19. The number of nitrogens with two attached hydrogens (primary N) is 1. The average molecular weight is 240 g/mol. The number of hydrogen-bond donors (Lipinski definition) is 1. The highest BCUT2D eigenvalue weighted by Gasteiger charge is 2.05. The van der Waals surface area contributed by atoms with Crippen LogP contribution in [0.2, 0.25) is 0 Å². The van der Waals surface area contributed by atoms with Crippen molar-refractivity contribution in [3.8, 4) is 0 Å². The minimum atomic E-state index is 0.830. The molecule has 2 nitrogen and oxygen atoms in total. The first-order valence-electron chi connectivity index (χ1n) is 6.19. The van der Waals surface area contributed by atoms with Crippen molar-refractivity contribution in [1.82, 2.24) is 0 Å². The molecule has 2 aromatic carbocycles. The van der Waals surface area contributed by atoms with Crippen LogP contribution in [-0.4, -0.2) is 7.05 Å². The van der Waals surface area contributed by atoms with E-state index >= 15 is 0 Å². The summed E-state index contributed by atoms with van der Waals surface area (Å²) in [5.41, 5.74) is 11.8. The number of nitrogens with zero attached hydrogens (tertiary/aromatic N) is 1. The molecule has 0 aliphatic carbocycles. The molecule has 0 radical (unpaired) electrons. The maximum atomic E-state index is 6.01. The molecule has 0 aliphatic rings. The summed E-state index contributed by atoms with van der Waals surface area (Å²) in [5, 5.41) is 0. The van der Waals surface area contributed by atoms with Gasteiger partial charge in [-0.2, -0.15) is 0 Å². The fourth-order valence-electron chi connectivity index (χ4n) is 2.02. The maximum absolute atomic E-state index is 6.01. The van der Waals surface area contributed by atoms with Gasteiger partial charge in [0.15, 0.2) is 0 Å². The van der Waals surface area contributed by atoms with E-state index in [0.29, 0.717) is 0 Å². The summed E-state index contributed by atoms with van der Waals surface area (Å²) < 4.78 is 0. The standard InChI is InChI=1S/C16H20N2/c1-12-4-7-15(8-5-12)18(3)11-14-10-13(2)6-9-16(14)17/h4-10H,11,17H2,1-3H3. The van der Waals surface area contributed by atoms with E-state index in [-0.39, 0.29) is 0 Å². The Labute approximate surface area is 109 Å². The molecule has 0 saturated carbocycles. The summed E-state index contributed by atoms with van der Waals surface area (Å²) in [6.07, 6.45) is 0. The molecule has 0 saturated heterocycles. The normalized spacial score (nSPS) is 10.4. The summed E-state index contributed by atoms with van der Waals surface area (Å²) in [7, 11) is 2.09. The smallest absolute Gasteiger partial charge is 0.0446 e. The quantitative estimate of drug-likeness (QED) is 0.832. The lowest BCUT2D eigenvalue weighted by molar-refractivity contribution is 0.923. The molecule has 2 rings (SSSR count). The Morgan fingerprint density at radius 1 is 0.944 bits per heavy atom. The second kappa shape index (κ2) is 5.13. The van der Waals surface area contributed by atoms with E-state index in [1.165, 1.54) is 22.4 Å². The number of rotatable bonds is 3. The van der Waals surface area contributed by atoms with Gasteiger partial charge in [0, 0.05) is 25.0 Å². The second-order valence-electron chi connectivity index (χ2n) is 4.89. The highest BCUT2D eigenvalue weighted by Crippen LogP contribution is 2.20. The van der Waals surface area contributed by atoms with Crippen LogP contribution in [0.15, 0.2) is 42.5 Å². The minimum Gasteiger partial charge on any atom is -0.398 e. The van der Waals surface area contributed by atoms with Crippen molar-refractivity contribution >= 4 is 11.4 Å². The Balaban J connectivity index is 2.18. The van der Waals surface area contributed by atoms with Gasteiger partial charge in [-0.15, -0.1) is 0 Å². The molecular weight excluding hydrogens is 220 g/mol. The van der Waals surface area contributed by atoms with Gasteiger partial charge < -0.3 is 10.6 Å². The van der Waals surface area contributed by atoms with Gasteiger partial charge in [0.05, 0.1) is 0 Å². The highest BCUT2D eigenvalue weighted by atomic mass is 15.1. The van der Waals surface area contributed by atoms with Crippen LogP contribution in [0.4, 0.5) is 11.4 Å². The van der Waals surface area contributed by atoms with Crippen molar-refractivity contribution in [2.24, 2.45) is 0 Å².